The number of benzene rings is 2. The van der Waals surface area contributed by atoms with E-state index in [0.29, 0.717) is 54.1 Å². The molecule has 0 bridgehead atoms. The molecule has 3 aliphatic heterocycles. The molecule has 3 saturated heterocycles. The van der Waals surface area contributed by atoms with Crippen molar-refractivity contribution in [2.45, 2.75) is 25.0 Å². The standard InChI is InChI=1S/C28H30N8O3/c29-14-20-13-19(1-7-25(20)39-24-6-8-26(37)30-15-24)27-31-18-32-28(34-27)33-21-2-4-22(5-3-21)35-9-11-36(12-10-35)23-16-38-17-23/h1-5,7,13,18,23-24H,6,8-12,15-17H2,(H,30,37)(H,31,32,33,34)/t24-/m0/s1. The van der Waals surface area contributed by atoms with E-state index in [4.69, 9.17) is 9.47 Å². The first-order chi connectivity index (χ1) is 19.1. The second-order valence-corrected chi connectivity index (χ2v) is 9.92. The van der Waals surface area contributed by atoms with Crippen molar-refractivity contribution < 1.29 is 14.3 Å². The fourth-order valence-corrected chi connectivity index (χ4v) is 5.01. The lowest BCUT2D eigenvalue weighted by Crippen LogP contribution is -2.56. The number of nitrogens with zero attached hydrogens (tertiary/aromatic N) is 6. The van der Waals surface area contributed by atoms with E-state index < -0.39 is 0 Å². The number of hydrogen-bond acceptors (Lipinski definition) is 10. The van der Waals surface area contributed by atoms with E-state index in [2.05, 4.69) is 53.6 Å². The Morgan fingerprint density at radius 2 is 1.90 bits per heavy atom. The highest BCUT2D eigenvalue weighted by Gasteiger charge is 2.29. The number of rotatable bonds is 7. The second-order valence-electron chi connectivity index (χ2n) is 9.92. The minimum absolute atomic E-state index is 0.0228. The molecule has 11 heteroatoms. The van der Waals surface area contributed by atoms with Crippen molar-refractivity contribution in [2.75, 3.05) is 56.2 Å². The molecule has 4 heterocycles. The summed E-state index contributed by atoms with van der Waals surface area (Å²) in [5, 5.41) is 15.7. The largest absolute Gasteiger partial charge is 0.487 e. The van der Waals surface area contributed by atoms with Crippen LogP contribution < -0.4 is 20.3 Å². The summed E-state index contributed by atoms with van der Waals surface area (Å²) in [5.74, 6) is 1.37. The van der Waals surface area contributed by atoms with Gasteiger partial charge in [-0.2, -0.15) is 10.2 Å². The zero-order chi connectivity index (χ0) is 26.6. The highest BCUT2D eigenvalue weighted by molar-refractivity contribution is 5.76. The molecular formula is C28H30N8O3. The Morgan fingerprint density at radius 1 is 1.08 bits per heavy atom. The SMILES string of the molecule is N#Cc1cc(-c2ncnc(Nc3ccc(N4CCN(C5COC5)CC4)cc3)n2)ccc1O[C@H]1CCC(=O)NC1. The highest BCUT2D eigenvalue weighted by Crippen LogP contribution is 2.27. The summed E-state index contributed by atoms with van der Waals surface area (Å²) < 4.78 is 11.3. The maximum absolute atomic E-state index is 11.4. The Hall–Kier alpha value is -4.27. The molecule has 0 unspecified atom stereocenters. The summed E-state index contributed by atoms with van der Waals surface area (Å²) in [5.41, 5.74) is 3.14. The molecule has 0 radical (unpaired) electrons. The first-order valence-corrected chi connectivity index (χ1v) is 13.3. The normalized spacial score (nSPS) is 20.0. The van der Waals surface area contributed by atoms with Gasteiger partial charge in [-0.3, -0.25) is 9.69 Å². The van der Waals surface area contributed by atoms with Crippen LogP contribution in [0.2, 0.25) is 0 Å². The average Bonchev–Trinajstić information content (AvgIpc) is 2.95. The summed E-state index contributed by atoms with van der Waals surface area (Å²) in [7, 11) is 0. The molecule has 0 saturated carbocycles. The van der Waals surface area contributed by atoms with Crippen LogP contribution in [-0.2, 0) is 9.53 Å². The van der Waals surface area contributed by atoms with E-state index in [9.17, 15) is 10.1 Å². The number of piperazine rings is 1. The molecular weight excluding hydrogens is 496 g/mol. The van der Waals surface area contributed by atoms with Crippen molar-refractivity contribution in [3.05, 3.63) is 54.4 Å². The molecule has 3 fully saturated rings. The van der Waals surface area contributed by atoms with Gasteiger partial charge >= 0.3 is 0 Å². The van der Waals surface area contributed by atoms with Gasteiger partial charge in [0.2, 0.25) is 11.9 Å². The summed E-state index contributed by atoms with van der Waals surface area (Å²) in [4.78, 5) is 29.5. The van der Waals surface area contributed by atoms with Gasteiger partial charge in [0, 0.05) is 49.5 Å². The summed E-state index contributed by atoms with van der Waals surface area (Å²) in [6, 6.07) is 16.3. The number of ether oxygens (including phenoxy) is 2. The lowest BCUT2D eigenvalue weighted by atomic mass is 10.1. The van der Waals surface area contributed by atoms with E-state index in [1.165, 1.54) is 12.0 Å². The maximum atomic E-state index is 11.4. The molecule has 1 atom stereocenters. The Balaban J connectivity index is 1.09. The number of amides is 1. The lowest BCUT2D eigenvalue weighted by Gasteiger charge is -2.43. The number of carbonyl (C=O) groups is 1. The van der Waals surface area contributed by atoms with Gasteiger partial charge in [0.05, 0.1) is 31.4 Å². The minimum atomic E-state index is -0.160. The number of piperidine rings is 1. The Morgan fingerprint density at radius 3 is 2.59 bits per heavy atom. The van der Waals surface area contributed by atoms with Crippen LogP contribution >= 0.6 is 0 Å². The molecule has 0 aliphatic carbocycles. The van der Waals surface area contributed by atoms with Gasteiger partial charge in [0.1, 0.15) is 24.3 Å². The molecule has 0 spiro atoms. The molecule has 3 aliphatic rings. The van der Waals surface area contributed by atoms with Gasteiger partial charge in [0.25, 0.3) is 0 Å². The monoisotopic (exact) mass is 526 g/mol. The third-order valence-electron chi connectivity index (χ3n) is 7.38. The predicted octanol–water partition coefficient (Wildman–Crippen LogP) is 2.33. The van der Waals surface area contributed by atoms with Crippen LogP contribution in [0, 0.1) is 11.3 Å². The first-order valence-electron chi connectivity index (χ1n) is 13.3. The summed E-state index contributed by atoms with van der Waals surface area (Å²) in [6.07, 6.45) is 2.33. The fraction of sp³-hybridized carbons (Fsp3) is 0.393. The molecule has 200 valence electrons. The summed E-state index contributed by atoms with van der Waals surface area (Å²) >= 11 is 0. The van der Waals surface area contributed by atoms with Crippen molar-refractivity contribution in [1.29, 1.82) is 5.26 Å². The Kier molecular flexibility index (Phi) is 7.21. The molecule has 39 heavy (non-hydrogen) atoms. The number of hydrogen-bond donors (Lipinski definition) is 2. The zero-order valence-electron chi connectivity index (χ0n) is 21.5. The molecule has 2 aromatic carbocycles. The number of nitriles is 1. The van der Waals surface area contributed by atoms with Crippen LogP contribution in [0.4, 0.5) is 17.3 Å². The number of anilines is 3. The van der Waals surface area contributed by atoms with E-state index in [0.717, 1.165) is 45.1 Å². The van der Waals surface area contributed by atoms with Crippen LogP contribution in [0.25, 0.3) is 11.4 Å². The first kappa shape index (κ1) is 25.0. The third-order valence-corrected chi connectivity index (χ3v) is 7.38. The summed E-state index contributed by atoms with van der Waals surface area (Å²) in [6.45, 7) is 6.28. The minimum Gasteiger partial charge on any atom is -0.487 e. The molecule has 1 amide bonds. The maximum Gasteiger partial charge on any atom is 0.230 e. The van der Waals surface area contributed by atoms with E-state index >= 15 is 0 Å². The predicted molar refractivity (Wildman–Crippen MR) is 145 cm³/mol. The van der Waals surface area contributed by atoms with Gasteiger partial charge in [-0.25, -0.2) is 9.97 Å². The van der Waals surface area contributed by atoms with E-state index in [-0.39, 0.29) is 12.0 Å². The van der Waals surface area contributed by atoms with Crippen LogP contribution in [0.3, 0.4) is 0 Å². The third kappa shape index (κ3) is 5.77. The van der Waals surface area contributed by atoms with Gasteiger partial charge in [-0.05, 0) is 48.9 Å². The van der Waals surface area contributed by atoms with Crippen LogP contribution in [-0.4, -0.2) is 83.8 Å². The van der Waals surface area contributed by atoms with E-state index in [1.807, 2.05) is 18.2 Å². The van der Waals surface area contributed by atoms with Crippen LogP contribution in [0.1, 0.15) is 18.4 Å². The van der Waals surface area contributed by atoms with Crippen molar-refractivity contribution >= 4 is 23.2 Å². The molecule has 1 aromatic heterocycles. The van der Waals surface area contributed by atoms with Gasteiger partial charge in [-0.1, -0.05) is 0 Å². The van der Waals surface area contributed by atoms with Crippen molar-refractivity contribution in [3.63, 3.8) is 0 Å². The smallest absolute Gasteiger partial charge is 0.230 e. The topological polar surface area (TPSA) is 129 Å². The molecule has 11 nitrogen and oxygen atoms in total. The zero-order valence-corrected chi connectivity index (χ0v) is 21.5. The lowest BCUT2D eigenvalue weighted by molar-refractivity contribution is -0.123. The molecule has 6 rings (SSSR count). The molecule has 2 N–H and O–H groups in total. The quantitative estimate of drug-likeness (QED) is 0.473. The fourth-order valence-electron chi connectivity index (χ4n) is 5.01. The molecule has 3 aromatic rings. The second kappa shape index (κ2) is 11.2. The Labute approximate surface area is 226 Å². The number of carbonyl (C=O) groups excluding carboxylic acids is 1. The van der Waals surface area contributed by atoms with Crippen LogP contribution in [0.5, 0.6) is 5.75 Å². The average molecular weight is 527 g/mol. The highest BCUT2D eigenvalue weighted by atomic mass is 16.5. The van der Waals surface area contributed by atoms with Gasteiger partial charge in [-0.15, -0.1) is 0 Å². The number of nitrogens with one attached hydrogen (secondary N) is 2. The van der Waals surface area contributed by atoms with Crippen molar-refractivity contribution in [2.24, 2.45) is 0 Å². The number of aromatic nitrogens is 3. The van der Waals surface area contributed by atoms with E-state index in [1.54, 1.807) is 12.1 Å². The van der Waals surface area contributed by atoms with Crippen molar-refractivity contribution in [3.8, 4) is 23.2 Å². The Bertz CT molecular complexity index is 1350. The van der Waals surface area contributed by atoms with Crippen LogP contribution in [0.15, 0.2) is 48.8 Å². The van der Waals surface area contributed by atoms with Gasteiger partial charge < -0.3 is 25.0 Å². The van der Waals surface area contributed by atoms with Crippen molar-refractivity contribution in [1.82, 2.24) is 25.2 Å². The van der Waals surface area contributed by atoms with Gasteiger partial charge in [0.15, 0.2) is 5.82 Å².